The van der Waals surface area contributed by atoms with Crippen molar-refractivity contribution in [1.29, 1.82) is 0 Å². The average Bonchev–Trinajstić information content (AvgIpc) is 2.19. The second kappa shape index (κ2) is 2.84. The first-order valence-electron chi connectivity index (χ1n) is 2.78. The zero-order valence-electron chi connectivity index (χ0n) is 4.96. The highest BCUT2D eigenvalue weighted by Gasteiger charge is 2.09. The van der Waals surface area contributed by atoms with Crippen LogP contribution in [-0.4, -0.2) is 13.2 Å². The SMILES string of the molecule is COOC1CC=CC1. The molecule has 0 spiro atoms. The highest BCUT2D eigenvalue weighted by atomic mass is 17.2. The van der Waals surface area contributed by atoms with E-state index in [0.717, 1.165) is 12.8 Å². The molecule has 0 heterocycles. The number of rotatable bonds is 2. The maximum Gasteiger partial charge on any atom is 0.0998 e. The predicted octanol–water partition coefficient (Wildman–Crippen LogP) is 1.28. The van der Waals surface area contributed by atoms with Crippen molar-refractivity contribution in [3.05, 3.63) is 12.2 Å². The molecule has 46 valence electrons. The standard InChI is InChI=1S/C6H10O2/c1-7-8-6-4-2-3-5-6/h2-3,6H,4-5H2,1H3. The summed E-state index contributed by atoms with van der Waals surface area (Å²) in [5.74, 6) is 0. The Morgan fingerprint density at radius 1 is 1.38 bits per heavy atom. The Balaban J connectivity index is 2.10. The van der Waals surface area contributed by atoms with Gasteiger partial charge in [0.05, 0.1) is 13.2 Å². The van der Waals surface area contributed by atoms with Gasteiger partial charge in [-0.25, -0.2) is 9.78 Å². The molecule has 0 saturated heterocycles. The summed E-state index contributed by atoms with van der Waals surface area (Å²) >= 11 is 0. The zero-order chi connectivity index (χ0) is 5.82. The molecule has 0 aromatic carbocycles. The summed E-state index contributed by atoms with van der Waals surface area (Å²) in [7, 11) is 1.54. The Kier molecular flexibility index (Phi) is 2.06. The van der Waals surface area contributed by atoms with Gasteiger partial charge in [-0.1, -0.05) is 12.2 Å². The van der Waals surface area contributed by atoms with E-state index in [1.807, 2.05) is 0 Å². The molecule has 0 bridgehead atoms. The van der Waals surface area contributed by atoms with Gasteiger partial charge in [-0.15, -0.1) is 0 Å². The molecule has 0 atom stereocenters. The molecule has 2 nitrogen and oxygen atoms in total. The molecular formula is C6H10O2. The minimum Gasteiger partial charge on any atom is -0.240 e. The van der Waals surface area contributed by atoms with E-state index < -0.39 is 0 Å². The van der Waals surface area contributed by atoms with Gasteiger partial charge in [-0.05, 0) is 12.8 Å². The van der Waals surface area contributed by atoms with Crippen molar-refractivity contribution in [2.24, 2.45) is 0 Å². The largest absolute Gasteiger partial charge is 0.240 e. The van der Waals surface area contributed by atoms with Crippen molar-refractivity contribution in [2.75, 3.05) is 7.11 Å². The molecule has 2 heteroatoms. The van der Waals surface area contributed by atoms with Crippen molar-refractivity contribution in [2.45, 2.75) is 18.9 Å². The summed E-state index contributed by atoms with van der Waals surface area (Å²) in [5, 5.41) is 0. The molecule has 0 N–H and O–H groups in total. The summed E-state index contributed by atoms with van der Waals surface area (Å²) in [4.78, 5) is 9.33. The van der Waals surface area contributed by atoms with Crippen molar-refractivity contribution < 1.29 is 9.78 Å². The van der Waals surface area contributed by atoms with Crippen molar-refractivity contribution >= 4 is 0 Å². The van der Waals surface area contributed by atoms with Gasteiger partial charge in [-0.3, -0.25) is 0 Å². The van der Waals surface area contributed by atoms with Crippen LogP contribution in [0.1, 0.15) is 12.8 Å². The highest BCUT2D eigenvalue weighted by Crippen LogP contribution is 2.12. The maximum atomic E-state index is 4.84. The Morgan fingerprint density at radius 3 is 2.50 bits per heavy atom. The molecule has 1 aliphatic carbocycles. The minimum atomic E-state index is 0.278. The maximum absolute atomic E-state index is 4.84. The molecule has 0 amide bonds. The normalized spacial score (nSPS) is 20.1. The third-order valence-electron chi connectivity index (χ3n) is 1.20. The summed E-state index contributed by atoms with van der Waals surface area (Å²) < 4.78 is 0. The van der Waals surface area contributed by atoms with Gasteiger partial charge in [0, 0.05) is 0 Å². The van der Waals surface area contributed by atoms with E-state index in [4.69, 9.17) is 4.89 Å². The second-order valence-corrected chi connectivity index (χ2v) is 1.83. The average molecular weight is 114 g/mol. The highest BCUT2D eigenvalue weighted by molar-refractivity contribution is 4.94. The van der Waals surface area contributed by atoms with E-state index >= 15 is 0 Å². The van der Waals surface area contributed by atoms with E-state index in [1.165, 1.54) is 0 Å². The van der Waals surface area contributed by atoms with Crippen LogP contribution in [0.2, 0.25) is 0 Å². The lowest BCUT2D eigenvalue weighted by Crippen LogP contribution is -2.05. The molecule has 1 aliphatic rings. The van der Waals surface area contributed by atoms with Crippen LogP contribution in [0.3, 0.4) is 0 Å². The van der Waals surface area contributed by atoms with Crippen LogP contribution in [0.4, 0.5) is 0 Å². The van der Waals surface area contributed by atoms with Gasteiger partial charge in [0.25, 0.3) is 0 Å². The van der Waals surface area contributed by atoms with Crippen molar-refractivity contribution in [1.82, 2.24) is 0 Å². The van der Waals surface area contributed by atoms with Crippen LogP contribution in [0.5, 0.6) is 0 Å². The lowest BCUT2D eigenvalue weighted by Gasteiger charge is -2.04. The molecule has 0 aromatic rings. The molecule has 8 heavy (non-hydrogen) atoms. The van der Waals surface area contributed by atoms with Crippen LogP contribution in [0.15, 0.2) is 12.2 Å². The number of hydrogen-bond acceptors (Lipinski definition) is 2. The second-order valence-electron chi connectivity index (χ2n) is 1.83. The lowest BCUT2D eigenvalue weighted by atomic mass is 10.3. The molecule has 1 rings (SSSR count). The smallest absolute Gasteiger partial charge is 0.0998 e. The third kappa shape index (κ3) is 1.32. The molecular weight excluding hydrogens is 104 g/mol. The summed E-state index contributed by atoms with van der Waals surface area (Å²) in [6.07, 6.45) is 6.47. The predicted molar refractivity (Wildman–Crippen MR) is 30.3 cm³/mol. The van der Waals surface area contributed by atoms with Crippen LogP contribution >= 0.6 is 0 Å². The van der Waals surface area contributed by atoms with Gasteiger partial charge < -0.3 is 0 Å². The van der Waals surface area contributed by atoms with E-state index in [0.29, 0.717) is 0 Å². The van der Waals surface area contributed by atoms with Crippen LogP contribution in [0.25, 0.3) is 0 Å². The monoisotopic (exact) mass is 114 g/mol. The van der Waals surface area contributed by atoms with E-state index in [2.05, 4.69) is 17.0 Å². The van der Waals surface area contributed by atoms with Gasteiger partial charge in [-0.2, -0.15) is 0 Å². The first-order chi connectivity index (χ1) is 3.93. The van der Waals surface area contributed by atoms with Gasteiger partial charge >= 0.3 is 0 Å². The van der Waals surface area contributed by atoms with Gasteiger partial charge in [0.1, 0.15) is 0 Å². The van der Waals surface area contributed by atoms with Gasteiger partial charge in [0.15, 0.2) is 0 Å². The van der Waals surface area contributed by atoms with Crippen molar-refractivity contribution in [3.63, 3.8) is 0 Å². The molecule has 0 radical (unpaired) electrons. The van der Waals surface area contributed by atoms with Crippen molar-refractivity contribution in [3.8, 4) is 0 Å². The van der Waals surface area contributed by atoms with E-state index in [9.17, 15) is 0 Å². The zero-order valence-corrected chi connectivity index (χ0v) is 4.96. The van der Waals surface area contributed by atoms with Crippen LogP contribution in [0, 0.1) is 0 Å². The van der Waals surface area contributed by atoms with Crippen LogP contribution in [-0.2, 0) is 9.78 Å². The lowest BCUT2D eigenvalue weighted by molar-refractivity contribution is -0.301. The fourth-order valence-electron chi connectivity index (χ4n) is 0.807. The summed E-state index contributed by atoms with van der Waals surface area (Å²) in [6.45, 7) is 0. The molecule has 0 unspecified atom stereocenters. The fourth-order valence-corrected chi connectivity index (χ4v) is 0.807. The number of hydrogen-bond donors (Lipinski definition) is 0. The first kappa shape index (κ1) is 5.79. The fraction of sp³-hybridized carbons (Fsp3) is 0.667. The molecule has 0 fully saturated rings. The summed E-state index contributed by atoms with van der Waals surface area (Å²) in [5.41, 5.74) is 0. The summed E-state index contributed by atoms with van der Waals surface area (Å²) in [6, 6.07) is 0. The molecule has 0 saturated carbocycles. The molecule has 0 aliphatic heterocycles. The van der Waals surface area contributed by atoms with E-state index in [1.54, 1.807) is 7.11 Å². The van der Waals surface area contributed by atoms with Crippen LogP contribution < -0.4 is 0 Å². The third-order valence-corrected chi connectivity index (χ3v) is 1.20. The minimum absolute atomic E-state index is 0.278. The van der Waals surface area contributed by atoms with E-state index in [-0.39, 0.29) is 6.10 Å². The van der Waals surface area contributed by atoms with Gasteiger partial charge in [0.2, 0.25) is 0 Å². The quantitative estimate of drug-likeness (QED) is 0.306. The molecule has 0 aromatic heterocycles. The Bertz CT molecular complexity index is 80.5. The Hall–Kier alpha value is -0.340. The topological polar surface area (TPSA) is 18.5 Å². The Labute approximate surface area is 49.0 Å². The first-order valence-corrected chi connectivity index (χ1v) is 2.78. The Morgan fingerprint density at radius 2 is 2.00 bits per heavy atom.